The number of hydrogen-bond acceptors (Lipinski definition) is 3. The third-order valence-corrected chi connectivity index (χ3v) is 2.85. The molecule has 1 fully saturated rings. The van der Waals surface area contributed by atoms with Gasteiger partial charge in [0, 0.05) is 13.1 Å². The van der Waals surface area contributed by atoms with Gasteiger partial charge in [0.2, 0.25) is 0 Å². The second kappa shape index (κ2) is 6.67. The number of ether oxygens (including phenoxy) is 1. The number of rotatable bonds is 4. The Bertz CT molecular complexity index is 189. The first kappa shape index (κ1) is 12.3. The van der Waals surface area contributed by atoms with Gasteiger partial charge in [0.05, 0.1) is 6.61 Å². The van der Waals surface area contributed by atoms with Crippen LogP contribution in [-0.4, -0.2) is 43.8 Å². The highest BCUT2D eigenvalue weighted by molar-refractivity contribution is 5.66. The van der Waals surface area contributed by atoms with Crippen molar-refractivity contribution in [1.29, 1.82) is 0 Å². The topological polar surface area (TPSA) is 41.6 Å². The molecule has 1 N–H and O–H groups in total. The van der Waals surface area contributed by atoms with Crippen LogP contribution in [0.4, 0.5) is 4.79 Å². The van der Waals surface area contributed by atoms with E-state index in [1.165, 1.54) is 12.8 Å². The molecule has 0 aromatic rings. The van der Waals surface area contributed by atoms with E-state index in [1.54, 1.807) is 0 Å². The van der Waals surface area contributed by atoms with Crippen LogP contribution in [0.1, 0.15) is 26.7 Å². The van der Waals surface area contributed by atoms with Crippen molar-refractivity contribution in [2.75, 3.05) is 32.8 Å². The second-order valence-corrected chi connectivity index (χ2v) is 4.17. The third kappa shape index (κ3) is 5.02. The monoisotopic (exact) mass is 214 g/mol. The van der Waals surface area contributed by atoms with Gasteiger partial charge >= 0.3 is 6.09 Å². The van der Waals surface area contributed by atoms with Crippen molar-refractivity contribution < 1.29 is 9.53 Å². The van der Waals surface area contributed by atoms with Crippen molar-refractivity contribution in [2.45, 2.75) is 26.7 Å². The summed E-state index contributed by atoms with van der Waals surface area (Å²) in [5.41, 5.74) is 0. The van der Waals surface area contributed by atoms with Gasteiger partial charge in [0.1, 0.15) is 0 Å². The molecule has 1 saturated heterocycles. The van der Waals surface area contributed by atoms with E-state index < -0.39 is 0 Å². The quantitative estimate of drug-likeness (QED) is 0.770. The first-order valence-electron chi connectivity index (χ1n) is 5.85. The number of piperidine rings is 1. The number of nitrogens with zero attached hydrogens (tertiary/aromatic N) is 1. The van der Waals surface area contributed by atoms with Gasteiger partial charge in [0.15, 0.2) is 0 Å². The molecule has 1 aliphatic heterocycles. The number of carbonyl (C=O) groups is 1. The number of likely N-dealkylation sites (tertiary alicyclic amines) is 1. The molecule has 1 aliphatic rings. The van der Waals surface area contributed by atoms with Crippen LogP contribution in [0.2, 0.25) is 0 Å². The fourth-order valence-electron chi connectivity index (χ4n) is 1.78. The largest absolute Gasteiger partial charge is 0.450 e. The van der Waals surface area contributed by atoms with Crippen molar-refractivity contribution in [3.05, 3.63) is 0 Å². The molecular formula is C11H22N2O2. The summed E-state index contributed by atoms with van der Waals surface area (Å²) in [5.74, 6) is 0.860. The maximum Gasteiger partial charge on any atom is 0.407 e. The van der Waals surface area contributed by atoms with E-state index in [9.17, 15) is 4.79 Å². The zero-order valence-corrected chi connectivity index (χ0v) is 9.79. The van der Waals surface area contributed by atoms with E-state index in [0.717, 1.165) is 25.6 Å². The van der Waals surface area contributed by atoms with Crippen molar-refractivity contribution >= 4 is 6.09 Å². The number of hydrogen-bond donors (Lipinski definition) is 1. The van der Waals surface area contributed by atoms with Gasteiger partial charge in [-0.3, -0.25) is 0 Å². The van der Waals surface area contributed by atoms with Gasteiger partial charge in [-0.05, 0) is 38.8 Å². The Hall–Kier alpha value is -0.770. The summed E-state index contributed by atoms with van der Waals surface area (Å²) in [6.45, 7) is 8.49. The van der Waals surface area contributed by atoms with E-state index in [2.05, 4.69) is 17.1 Å². The molecule has 0 aromatic carbocycles. The number of carbonyl (C=O) groups excluding carboxylic acids is 1. The van der Waals surface area contributed by atoms with Crippen molar-refractivity contribution in [3.8, 4) is 0 Å². The molecule has 0 aromatic heterocycles. The Morgan fingerprint density at radius 1 is 1.47 bits per heavy atom. The summed E-state index contributed by atoms with van der Waals surface area (Å²) >= 11 is 0. The molecule has 0 unspecified atom stereocenters. The SMILES string of the molecule is CCOC(=O)NCCN1CCC(C)CC1. The molecular weight excluding hydrogens is 192 g/mol. The van der Waals surface area contributed by atoms with Crippen molar-refractivity contribution in [1.82, 2.24) is 10.2 Å². The normalized spacial score (nSPS) is 18.8. The molecule has 1 heterocycles. The highest BCUT2D eigenvalue weighted by Gasteiger charge is 2.15. The molecule has 0 saturated carbocycles. The van der Waals surface area contributed by atoms with Crippen LogP contribution in [0.25, 0.3) is 0 Å². The van der Waals surface area contributed by atoms with Gasteiger partial charge in [0.25, 0.3) is 0 Å². The van der Waals surface area contributed by atoms with E-state index in [4.69, 9.17) is 4.74 Å². The van der Waals surface area contributed by atoms with Gasteiger partial charge in [-0.15, -0.1) is 0 Å². The number of alkyl carbamates (subject to hydrolysis) is 1. The maximum absolute atomic E-state index is 11.0. The molecule has 4 heteroatoms. The predicted molar refractivity (Wildman–Crippen MR) is 59.9 cm³/mol. The van der Waals surface area contributed by atoms with Gasteiger partial charge < -0.3 is 15.0 Å². The van der Waals surface area contributed by atoms with Crippen LogP contribution in [0.15, 0.2) is 0 Å². The van der Waals surface area contributed by atoms with Gasteiger partial charge in [-0.1, -0.05) is 6.92 Å². The van der Waals surface area contributed by atoms with Crippen LogP contribution < -0.4 is 5.32 Å². The minimum absolute atomic E-state index is 0.303. The standard InChI is InChI=1S/C11H22N2O2/c1-3-15-11(14)12-6-9-13-7-4-10(2)5-8-13/h10H,3-9H2,1-2H3,(H,12,14). The van der Waals surface area contributed by atoms with Gasteiger partial charge in [-0.2, -0.15) is 0 Å². The highest BCUT2D eigenvalue weighted by Crippen LogP contribution is 2.14. The Labute approximate surface area is 92.0 Å². The fourth-order valence-corrected chi connectivity index (χ4v) is 1.78. The lowest BCUT2D eigenvalue weighted by Crippen LogP contribution is -2.39. The van der Waals surface area contributed by atoms with Crippen LogP contribution in [0.5, 0.6) is 0 Å². The molecule has 4 nitrogen and oxygen atoms in total. The zero-order chi connectivity index (χ0) is 11.1. The Morgan fingerprint density at radius 2 is 2.13 bits per heavy atom. The van der Waals surface area contributed by atoms with E-state index in [-0.39, 0.29) is 6.09 Å². The summed E-state index contributed by atoms with van der Waals surface area (Å²) in [5, 5.41) is 2.74. The number of amides is 1. The summed E-state index contributed by atoms with van der Waals surface area (Å²) in [6.07, 6.45) is 2.25. The van der Waals surface area contributed by atoms with E-state index in [1.807, 2.05) is 6.92 Å². The van der Waals surface area contributed by atoms with Gasteiger partial charge in [-0.25, -0.2) is 4.79 Å². The third-order valence-electron chi connectivity index (χ3n) is 2.85. The fraction of sp³-hybridized carbons (Fsp3) is 0.909. The minimum Gasteiger partial charge on any atom is -0.450 e. The Balaban J connectivity index is 2.02. The first-order valence-corrected chi connectivity index (χ1v) is 5.85. The smallest absolute Gasteiger partial charge is 0.407 e. The summed E-state index contributed by atoms with van der Waals surface area (Å²) in [6, 6.07) is 0. The van der Waals surface area contributed by atoms with Crippen LogP contribution in [0, 0.1) is 5.92 Å². The molecule has 0 radical (unpaired) electrons. The Kier molecular flexibility index (Phi) is 5.47. The molecule has 0 atom stereocenters. The maximum atomic E-state index is 11.0. The van der Waals surface area contributed by atoms with Crippen molar-refractivity contribution in [3.63, 3.8) is 0 Å². The minimum atomic E-state index is -0.303. The average molecular weight is 214 g/mol. The van der Waals surface area contributed by atoms with Crippen molar-refractivity contribution in [2.24, 2.45) is 5.92 Å². The average Bonchev–Trinajstić information content (AvgIpc) is 2.21. The molecule has 15 heavy (non-hydrogen) atoms. The molecule has 88 valence electrons. The lowest BCUT2D eigenvalue weighted by Gasteiger charge is -2.29. The molecule has 0 aliphatic carbocycles. The predicted octanol–water partition coefficient (Wildman–Crippen LogP) is 1.46. The molecule has 1 amide bonds. The van der Waals surface area contributed by atoms with E-state index >= 15 is 0 Å². The second-order valence-electron chi connectivity index (χ2n) is 4.17. The summed E-state index contributed by atoms with van der Waals surface area (Å²) < 4.78 is 4.78. The lowest BCUT2D eigenvalue weighted by molar-refractivity contribution is 0.147. The number of nitrogens with one attached hydrogen (secondary N) is 1. The molecule has 0 bridgehead atoms. The van der Waals surface area contributed by atoms with Crippen LogP contribution >= 0.6 is 0 Å². The highest BCUT2D eigenvalue weighted by atomic mass is 16.5. The Morgan fingerprint density at radius 3 is 2.73 bits per heavy atom. The lowest BCUT2D eigenvalue weighted by atomic mass is 9.99. The first-order chi connectivity index (χ1) is 7.22. The van der Waals surface area contributed by atoms with E-state index in [0.29, 0.717) is 13.2 Å². The van der Waals surface area contributed by atoms with Crippen LogP contribution in [0.3, 0.4) is 0 Å². The zero-order valence-electron chi connectivity index (χ0n) is 9.79. The van der Waals surface area contributed by atoms with Crippen LogP contribution in [-0.2, 0) is 4.74 Å². The summed E-state index contributed by atoms with van der Waals surface area (Å²) in [7, 11) is 0. The summed E-state index contributed by atoms with van der Waals surface area (Å²) in [4.78, 5) is 13.4. The molecule has 0 spiro atoms. The molecule has 1 rings (SSSR count).